The maximum absolute atomic E-state index is 12.4. The molecule has 3 fully saturated rings. The lowest BCUT2D eigenvalue weighted by molar-refractivity contribution is -0.0593. The van der Waals surface area contributed by atoms with Crippen molar-refractivity contribution in [3.8, 4) is 0 Å². The Kier molecular flexibility index (Phi) is 7.69. The van der Waals surface area contributed by atoms with Gasteiger partial charge in [-0.15, -0.1) is 0 Å². The molecular weight excluding hydrogens is 526 g/mol. The molecule has 220 valence electrons. The number of piperazine rings is 1. The minimum absolute atomic E-state index is 0.0922. The number of aryl methyl sites for hydroxylation is 1. The summed E-state index contributed by atoms with van der Waals surface area (Å²) in [6.07, 6.45) is 8.64. The van der Waals surface area contributed by atoms with E-state index in [1.807, 2.05) is 24.3 Å². The number of nitrogens with zero attached hydrogens (tertiary/aromatic N) is 5. The van der Waals surface area contributed by atoms with E-state index in [-0.39, 0.29) is 17.9 Å². The predicted octanol–water partition coefficient (Wildman–Crippen LogP) is 5.13. The van der Waals surface area contributed by atoms with Crippen LogP contribution < -0.4 is 0 Å². The van der Waals surface area contributed by atoms with Gasteiger partial charge in [0.25, 0.3) is 0 Å². The number of hydrogen-bond donors (Lipinski definition) is 0. The van der Waals surface area contributed by atoms with Crippen LogP contribution >= 0.6 is 0 Å². The van der Waals surface area contributed by atoms with E-state index in [2.05, 4.69) is 58.6 Å². The molecule has 3 aliphatic heterocycles. The van der Waals surface area contributed by atoms with Crippen molar-refractivity contribution in [3.63, 3.8) is 0 Å². The molecule has 0 N–H and O–H groups in total. The van der Waals surface area contributed by atoms with Crippen molar-refractivity contribution < 1.29 is 14.3 Å². The third-order valence-corrected chi connectivity index (χ3v) is 9.31. The Labute approximate surface area is 248 Å². The van der Waals surface area contributed by atoms with Gasteiger partial charge in [-0.1, -0.05) is 30.3 Å². The van der Waals surface area contributed by atoms with Crippen LogP contribution in [0.4, 0.5) is 0 Å². The van der Waals surface area contributed by atoms with E-state index in [4.69, 9.17) is 19.5 Å². The standard InChI is InChI=1S/C34H41N5O3/c1-23-18-26(34(40)25-10-11-25)12-13-27(23)22-42-33-9-5-8-31(36-33)38-16-15-37(24(2)19-38)21-32-35-29-6-3-4-7-30(29)39(32)20-28-14-17-41-28/h3-7,9,12-13,18,24-25,28,31H,8,10-11,14-17,19-22H2,1-2H3/t24-,28?,31?/m0/s1. The van der Waals surface area contributed by atoms with Gasteiger partial charge in [0.2, 0.25) is 5.90 Å². The maximum atomic E-state index is 12.4. The molecule has 4 aliphatic rings. The molecule has 8 nitrogen and oxygen atoms in total. The third-order valence-electron chi connectivity index (χ3n) is 9.31. The summed E-state index contributed by atoms with van der Waals surface area (Å²) in [6, 6.07) is 14.8. The van der Waals surface area contributed by atoms with Gasteiger partial charge in [0.05, 0.1) is 30.2 Å². The van der Waals surface area contributed by atoms with E-state index in [1.165, 1.54) is 5.52 Å². The molecule has 2 saturated heterocycles. The summed E-state index contributed by atoms with van der Waals surface area (Å²) >= 11 is 0. The SMILES string of the molecule is Cc1cc(C(=O)C2CC2)ccc1COC1=NC(N2CCN(Cc3nc4ccccc4n3CC3CCO3)[C@@H](C)C2)CC=C1. The highest BCUT2D eigenvalue weighted by Gasteiger charge is 2.32. The molecular formula is C34H41N5O3. The summed E-state index contributed by atoms with van der Waals surface area (Å²) in [5.41, 5.74) is 5.27. The third kappa shape index (κ3) is 5.80. The number of Topliss-reactive ketones (excluding diaryl/α,β-unsaturated/α-hetero) is 1. The lowest BCUT2D eigenvalue weighted by atomic mass is 10.0. The second kappa shape index (κ2) is 11.7. The number of hydrogen-bond acceptors (Lipinski definition) is 7. The molecule has 7 rings (SSSR count). The zero-order valence-electron chi connectivity index (χ0n) is 24.7. The van der Waals surface area contributed by atoms with E-state index in [1.54, 1.807) is 0 Å². The van der Waals surface area contributed by atoms with Crippen molar-refractivity contribution in [1.82, 2.24) is 19.4 Å². The second-order valence-electron chi connectivity index (χ2n) is 12.4. The number of dihydropyridines is 1. The first kappa shape index (κ1) is 27.5. The highest BCUT2D eigenvalue weighted by Crippen LogP contribution is 2.33. The summed E-state index contributed by atoms with van der Waals surface area (Å²) in [6.45, 7) is 10.3. The fourth-order valence-corrected chi connectivity index (χ4v) is 6.39. The maximum Gasteiger partial charge on any atom is 0.210 e. The van der Waals surface area contributed by atoms with Gasteiger partial charge in [0.15, 0.2) is 5.78 Å². The zero-order valence-corrected chi connectivity index (χ0v) is 24.7. The van der Waals surface area contributed by atoms with E-state index in [9.17, 15) is 4.79 Å². The molecule has 3 aromatic rings. The van der Waals surface area contributed by atoms with Crippen LogP contribution in [-0.2, 0) is 29.2 Å². The normalized spacial score (nSPS) is 24.9. The average molecular weight is 568 g/mol. The van der Waals surface area contributed by atoms with Crippen LogP contribution in [0.15, 0.2) is 59.6 Å². The van der Waals surface area contributed by atoms with E-state index >= 15 is 0 Å². The zero-order chi connectivity index (χ0) is 28.6. The van der Waals surface area contributed by atoms with Gasteiger partial charge in [0, 0.05) is 50.2 Å². The molecule has 1 saturated carbocycles. The molecule has 0 radical (unpaired) electrons. The summed E-state index contributed by atoms with van der Waals surface area (Å²) in [5, 5.41) is 0. The highest BCUT2D eigenvalue weighted by atomic mass is 16.5. The van der Waals surface area contributed by atoms with Gasteiger partial charge in [-0.25, -0.2) is 9.98 Å². The van der Waals surface area contributed by atoms with Crippen LogP contribution in [-0.4, -0.2) is 75.6 Å². The fourth-order valence-electron chi connectivity index (χ4n) is 6.39. The second-order valence-corrected chi connectivity index (χ2v) is 12.4. The van der Waals surface area contributed by atoms with Crippen molar-refractivity contribution in [1.29, 1.82) is 0 Å². The molecule has 3 atom stereocenters. The van der Waals surface area contributed by atoms with Crippen molar-refractivity contribution >= 4 is 22.7 Å². The summed E-state index contributed by atoms with van der Waals surface area (Å²) in [4.78, 5) is 27.5. The quantitative estimate of drug-likeness (QED) is 0.334. The summed E-state index contributed by atoms with van der Waals surface area (Å²) in [7, 11) is 0. The lowest BCUT2D eigenvalue weighted by Gasteiger charge is -2.42. The molecule has 4 heterocycles. The Hall–Kier alpha value is -3.33. The number of benzene rings is 2. The monoisotopic (exact) mass is 567 g/mol. The van der Waals surface area contributed by atoms with Gasteiger partial charge < -0.3 is 14.0 Å². The van der Waals surface area contributed by atoms with Crippen LogP contribution in [0.2, 0.25) is 0 Å². The van der Waals surface area contributed by atoms with E-state index in [0.29, 0.717) is 24.7 Å². The molecule has 2 aromatic carbocycles. The van der Waals surface area contributed by atoms with Crippen LogP contribution in [0.5, 0.6) is 0 Å². The molecule has 1 aromatic heterocycles. The summed E-state index contributed by atoms with van der Waals surface area (Å²) < 4.78 is 14.3. The topological polar surface area (TPSA) is 72.2 Å². The molecule has 2 unspecified atom stereocenters. The molecule has 0 amide bonds. The van der Waals surface area contributed by atoms with E-state index in [0.717, 1.165) is 93.0 Å². The minimum Gasteiger partial charge on any atom is -0.473 e. The number of carbonyl (C=O) groups excluding carboxylic acids is 1. The molecule has 0 bridgehead atoms. The Morgan fingerprint density at radius 3 is 2.74 bits per heavy atom. The van der Waals surface area contributed by atoms with Crippen LogP contribution in [0, 0.1) is 12.8 Å². The number of fused-ring (bicyclic) bond motifs is 1. The first-order valence-corrected chi connectivity index (χ1v) is 15.6. The molecule has 42 heavy (non-hydrogen) atoms. The number of para-hydroxylation sites is 2. The van der Waals surface area contributed by atoms with Gasteiger partial charge >= 0.3 is 0 Å². The van der Waals surface area contributed by atoms with Gasteiger partial charge in [-0.05, 0) is 68.5 Å². The van der Waals surface area contributed by atoms with Crippen molar-refractivity contribution in [3.05, 3.63) is 77.1 Å². The van der Waals surface area contributed by atoms with Crippen LogP contribution in [0.1, 0.15) is 59.9 Å². The molecule has 0 spiro atoms. The Bertz CT molecular complexity index is 1520. The van der Waals surface area contributed by atoms with Crippen molar-refractivity contribution in [2.75, 3.05) is 26.2 Å². The number of aromatic nitrogens is 2. The highest BCUT2D eigenvalue weighted by molar-refractivity contribution is 5.99. The van der Waals surface area contributed by atoms with E-state index < -0.39 is 0 Å². The van der Waals surface area contributed by atoms with Gasteiger partial charge in [-0.2, -0.15) is 0 Å². The number of imidazole rings is 1. The van der Waals surface area contributed by atoms with Gasteiger partial charge in [-0.3, -0.25) is 14.6 Å². The Morgan fingerprint density at radius 2 is 1.98 bits per heavy atom. The number of ether oxygens (including phenoxy) is 2. The lowest BCUT2D eigenvalue weighted by Crippen LogP contribution is -2.54. The molecule has 1 aliphatic carbocycles. The smallest absolute Gasteiger partial charge is 0.210 e. The Morgan fingerprint density at radius 1 is 1.12 bits per heavy atom. The average Bonchev–Trinajstić information content (AvgIpc) is 3.77. The first-order chi connectivity index (χ1) is 20.5. The van der Waals surface area contributed by atoms with Crippen LogP contribution in [0.25, 0.3) is 11.0 Å². The van der Waals surface area contributed by atoms with Crippen molar-refractivity contribution in [2.24, 2.45) is 10.9 Å². The predicted molar refractivity (Wildman–Crippen MR) is 164 cm³/mol. The van der Waals surface area contributed by atoms with Crippen LogP contribution in [0.3, 0.4) is 0 Å². The first-order valence-electron chi connectivity index (χ1n) is 15.6. The number of ketones is 1. The fraction of sp³-hybridized carbons (Fsp3) is 0.500. The number of aliphatic imine (C=N–C) groups is 1. The largest absolute Gasteiger partial charge is 0.473 e. The van der Waals surface area contributed by atoms with Crippen molar-refractivity contribution in [2.45, 2.75) is 77.5 Å². The summed E-state index contributed by atoms with van der Waals surface area (Å²) in [5.74, 6) is 2.33. The Balaban J connectivity index is 0.966. The molecule has 8 heteroatoms. The number of carbonyl (C=O) groups is 1. The van der Waals surface area contributed by atoms with Gasteiger partial charge in [0.1, 0.15) is 18.6 Å². The minimum atomic E-state index is 0.0922. The number of rotatable bonds is 9.